The summed E-state index contributed by atoms with van der Waals surface area (Å²) in [6, 6.07) is 7.91. The molecule has 1 aromatic rings. The van der Waals surface area contributed by atoms with Crippen molar-refractivity contribution in [3.05, 3.63) is 35.9 Å². The molecule has 0 spiro atoms. The molecule has 0 aliphatic carbocycles. The van der Waals surface area contributed by atoms with Gasteiger partial charge in [0.15, 0.2) is 0 Å². The Morgan fingerprint density at radius 3 is 2.75 bits per heavy atom. The van der Waals surface area contributed by atoms with Crippen LogP contribution in [0.15, 0.2) is 30.3 Å². The number of hydrogen-bond acceptors (Lipinski definition) is 3. The lowest BCUT2D eigenvalue weighted by molar-refractivity contribution is -0.131. The summed E-state index contributed by atoms with van der Waals surface area (Å²) in [5.41, 5.74) is 2.05. The number of carbonyl (C=O) groups is 1. The molecule has 1 aliphatic heterocycles. The molecule has 0 amide bonds. The Kier molecular flexibility index (Phi) is 5.18. The number of aliphatic carboxylic acids is 1. The monoisotopic (exact) mass is 275 g/mol. The van der Waals surface area contributed by atoms with Crippen LogP contribution in [0, 0.1) is 0 Å². The van der Waals surface area contributed by atoms with E-state index in [0.29, 0.717) is 6.10 Å². The second-order valence-corrected chi connectivity index (χ2v) is 4.87. The zero-order chi connectivity index (χ0) is 14.4. The van der Waals surface area contributed by atoms with E-state index >= 15 is 0 Å². The number of carboxylic acid groups (broad SMARTS) is 1. The SMILES string of the molecule is CCOC1CCN(c2ccccc2/C=C/C(=O)O)CC1. The Hall–Kier alpha value is -1.81. The molecule has 0 bridgehead atoms. The largest absolute Gasteiger partial charge is 0.478 e. The Bertz CT molecular complexity index is 476. The van der Waals surface area contributed by atoms with Crippen molar-refractivity contribution in [1.82, 2.24) is 0 Å². The number of hydrogen-bond donors (Lipinski definition) is 1. The number of benzene rings is 1. The minimum atomic E-state index is -0.921. The maximum atomic E-state index is 10.7. The lowest BCUT2D eigenvalue weighted by atomic mass is 10.0. The molecule has 1 fully saturated rings. The van der Waals surface area contributed by atoms with E-state index in [9.17, 15) is 4.79 Å². The van der Waals surface area contributed by atoms with Gasteiger partial charge in [0.1, 0.15) is 0 Å². The number of anilines is 1. The molecule has 4 nitrogen and oxygen atoms in total. The van der Waals surface area contributed by atoms with Crippen molar-refractivity contribution in [1.29, 1.82) is 0 Å². The van der Waals surface area contributed by atoms with Gasteiger partial charge in [0.2, 0.25) is 0 Å². The van der Waals surface area contributed by atoms with E-state index in [4.69, 9.17) is 9.84 Å². The maximum Gasteiger partial charge on any atom is 0.328 e. The number of para-hydroxylation sites is 1. The first-order valence-electron chi connectivity index (χ1n) is 7.07. The van der Waals surface area contributed by atoms with Gasteiger partial charge in [-0.25, -0.2) is 4.79 Å². The molecule has 0 aromatic heterocycles. The summed E-state index contributed by atoms with van der Waals surface area (Å²) >= 11 is 0. The summed E-state index contributed by atoms with van der Waals surface area (Å²) in [5.74, 6) is -0.921. The van der Waals surface area contributed by atoms with Gasteiger partial charge in [0.25, 0.3) is 0 Å². The molecule has 1 N–H and O–H groups in total. The van der Waals surface area contributed by atoms with Gasteiger partial charge in [-0.1, -0.05) is 18.2 Å². The minimum Gasteiger partial charge on any atom is -0.478 e. The molecule has 0 atom stereocenters. The van der Waals surface area contributed by atoms with Crippen molar-refractivity contribution in [3.63, 3.8) is 0 Å². The second kappa shape index (κ2) is 7.10. The molecule has 4 heteroatoms. The Balaban J connectivity index is 2.08. The minimum absolute atomic E-state index is 0.359. The van der Waals surface area contributed by atoms with Gasteiger partial charge in [0, 0.05) is 31.5 Å². The zero-order valence-corrected chi connectivity index (χ0v) is 11.8. The molecule has 2 rings (SSSR count). The van der Waals surface area contributed by atoms with Crippen molar-refractivity contribution >= 4 is 17.7 Å². The van der Waals surface area contributed by atoms with Crippen molar-refractivity contribution in [3.8, 4) is 0 Å². The van der Waals surface area contributed by atoms with Gasteiger partial charge >= 0.3 is 5.97 Å². The summed E-state index contributed by atoms with van der Waals surface area (Å²) in [4.78, 5) is 13.0. The molecular formula is C16H21NO3. The Labute approximate surface area is 119 Å². The summed E-state index contributed by atoms with van der Waals surface area (Å²) in [5, 5.41) is 8.75. The Morgan fingerprint density at radius 2 is 2.10 bits per heavy atom. The number of rotatable bonds is 5. The molecular weight excluding hydrogens is 254 g/mol. The fourth-order valence-electron chi connectivity index (χ4n) is 2.58. The van der Waals surface area contributed by atoms with Crippen LogP contribution in [0.3, 0.4) is 0 Å². The fourth-order valence-corrected chi connectivity index (χ4v) is 2.58. The first-order chi connectivity index (χ1) is 9.70. The highest BCUT2D eigenvalue weighted by molar-refractivity contribution is 5.87. The van der Waals surface area contributed by atoms with E-state index in [-0.39, 0.29) is 0 Å². The maximum absolute atomic E-state index is 10.7. The summed E-state index contributed by atoms with van der Waals surface area (Å²) in [6.45, 7) is 4.69. The van der Waals surface area contributed by atoms with Crippen LogP contribution in [-0.4, -0.2) is 36.9 Å². The van der Waals surface area contributed by atoms with E-state index in [1.54, 1.807) is 6.08 Å². The zero-order valence-electron chi connectivity index (χ0n) is 11.8. The molecule has 1 saturated heterocycles. The van der Waals surface area contributed by atoms with Gasteiger partial charge in [-0.05, 0) is 37.5 Å². The van der Waals surface area contributed by atoms with Crippen LogP contribution in [0.5, 0.6) is 0 Å². The van der Waals surface area contributed by atoms with E-state index in [1.165, 1.54) is 6.08 Å². The second-order valence-electron chi connectivity index (χ2n) is 4.87. The van der Waals surface area contributed by atoms with Crippen LogP contribution in [0.2, 0.25) is 0 Å². The van der Waals surface area contributed by atoms with Crippen LogP contribution >= 0.6 is 0 Å². The van der Waals surface area contributed by atoms with Gasteiger partial charge < -0.3 is 14.7 Å². The standard InChI is InChI=1S/C16H21NO3/c1-2-20-14-9-11-17(12-10-14)15-6-4-3-5-13(15)7-8-16(18)19/h3-8,14H,2,9-12H2,1H3,(H,18,19)/b8-7+. The molecule has 1 heterocycles. The quantitative estimate of drug-likeness (QED) is 0.839. The average molecular weight is 275 g/mol. The summed E-state index contributed by atoms with van der Waals surface area (Å²) in [6.07, 6.45) is 5.24. The number of carboxylic acids is 1. The highest BCUT2D eigenvalue weighted by Gasteiger charge is 2.20. The normalized spacial score (nSPS) is 16.8. The topological polar surface area (TPSA) is 49.8 Å². The van der Waals surface area contributed by atoms with Crippen LogP contribution < -0.4 is 4.90 Å². The van der Waals surface area contributed by atoms with Crippen molar-refractivity contribution in [2.75, 3.05) is 24.6 Å². The van der Waals surface area contributed by atoms with Gasteiger partial charge in [-0.2, -0.15) is 0 Å². The number of piperidine rings is 1. The Morgan fingerprint density at radius 1 is 1.40 bits per heavy atom. The molecule has 0 saturated carbocycles. The number of nitrogens with zero attached hydrogens (tertiary/aromatic N) is 1. The predicted molar refractivity (Wildman–Crippen MR) is 80.0 cm³/mol. The number of ether oxygens (including phenoxy) is 1. The van der Waals surface area contributed by atoms with Crippen LogP contribution in [0.4, 0.5) is 5.69 Å². The third-order valence-corrected chi connectivity index (χ3v) is 3.53. The van der Waals surface area contributed by atoms with Crippen molar-refractivity contribution in [2.24, 2.45) is 0 Å². The summed E-state index contributed by atoms with van der Waals surface area (Å²) in [7, 11) is 0. The smallest absolute Gasteiger partial charge is 0.328 e. The lowest BCUT2D eigenvalue weighted by Crippen LogP contribution is -2.37. The highest BCUT2D eigenvalue weighted by atomic mass is 16.5. The highest BCUT2D eigenvalue weighted by Crippen LogP contribution is 2.26. The predicted octanol–water partition coefficient (Wildman–Crippen LogP) is 2.79. The van der Waals surface area contributed by atoms with E-state index < -0.39 is 5.97 Å². The molecule has 1 aliphatic rings. The van der Waals surface area contributed by atoms with Gasteiger partial charge in [-0.15, -0.1) is 0 Å². The van der Waals surface area contributed by atoms with Gasteiger partial charge in [0.05, 0.1) is 6.10 Å². The van der Waals surface area contributed by atoms with E-state index in [0.717, 1.165) is 43.8 Å². The van der Waals surface area contributed by atoms with Crippen LogP contribution in [-0.2, 0) is 9.53 Å². The lowest BCUT2D eigenvalue weighted by Gasteiger charge is -2.34. The van der Waals surface area contributed by atoms with Crippen molar-refractivity contribution in [2.45, 2.75) is 25.9 Å². The molecule has 108 valence electrons. The average Bonchev–Trinajstić information content (AvgIpc) is 2.47. The summed E-state index contributed by atoms with van der Waals surface area (Å²) < 4.78 is 5.66. The fraction of sp³-hybridized carbons (Fsp3) is 0.438. The first kappa shape index (κ1) is 14.6. The van der Waals surface area contributed by atoms with Crippen LogP contribution in [0.25, 0.3) is 6.08 Å². The third-order valence-electron chi connectivity index (χ3n) is 3.53. The molecule has 1 aromatic carbocycles. The van der Waals surface area contributed by atoms with Crippen molar-refractivity contribution < 1.29 is 14.6 Å². The third kappa shape index (κ3) is 3.84. The van der Waals surface area contributed by atoms with Crippen LogP contribution in [0.1, 0.15) is 25.3 Å². The molecule has 20 heavy (non-hydrogen) atoms. The van der Waals surface area contributed by atoms with E-state index in [2.05, 4.69) is 4.90 Å². The van der Waals surface area contributed by atoms with E-state index in [1.807, 2.05) is 31.2 Å². The molecule has 0 unspecified atom stereocenters. The molecule has 0 radical (unpaired) electrons. The van der Waals surface area contributed by atoms with Gasteiger partial charge in [-0.3, -0.25) is 0 Å². The first-order valence-corrected chi connectivity index (χ1v) is 7.07.